The standard InChI is InChI=1S/C18H36O2.C4H8O3/c1-2-3-4-5-6-7-8-9-10-11-12-13-14-15-16-17-18(19)20;1-2-3(5)4(6)7/h2-17H2,1H3,(H,19,20);3,5H,2H2,1H3,(H,6,7). The predicted molar refractivity (Wildman–Crippen MR) is 111 cm³/mol. The van der Waals surface area contributed by atoms with Crippen LogP contribution in [0.1, 0.15) is 123 Å². The minimum absolute atomic E-state index is 0.273. The van der Waals surface area contributed by atoms with Gasteiger partial charge in [-0.1, -0.05) is 104 Å². The largest absolute Gasteiger partial charge is 0.481 e. The summed E-state index contributed by atoms with van der Waals surface area (Å²) < 4.78 is 0. The van der Waals surface area contributed by atoms with Crippen LogP contribution >= 0.6 is 0 Å². The Morgan fingerprint density at radius 3 is 1.19 bits per heavy atom. The summed E-state index contributed by atoms with van der Waals surface area (Å²) in [6.45, 7) is 3.88. The smallest absolute Gasteiger partial charge is 0.332 e. The summed E-state index contributed by atoms with van der Waals surface area (Å²) in [5, 5.41) is 24.8. The van der Waals surface area contributed by atoms with E-state index in [-0.39, 0.29) is 6.42 Å². The first-order chi connectivity index (χ1) is 13.0. The fraction of sp³-hybridized carbons (Fsp3) is 0.909. The van der Waals surface area contributed by atoms with Crippen molar-refractivity contribution in [1.29, 1.82) is 0 Å². The molecule has 3 N–H and O–H groups in total. The molecule has 162 valence electrons. The lowest BCUT2D eigenvalue weighted by molar-refractivity contribution is -0.146. The second-order valence-electron chi connectivity index (χ2n) is 7.36. The second-order valence-corrected chi connectivity index (χ2v) is 7.36. The van der Waals surface area contributed by atoms with Crippen LogP contribution in [-0.2, 0) is 9.59 Å². The first kappa shape index (κ1) is 28.1. The van der Waals surface area contributed by atoms with Crippen LogP contribution in [0.15, 0.2) is 0 Å². The number of carboxylic acid groups (broad SMARTS) is 2. The highest BCUT2D eigenvalue weighted by Gasteiger charge is 2.07. The van der Waals surface area contributed by atoms with Crippen LogP contribution in [0.25, 0.3) is 0 Å². The summed E-state index contributed by atoms with van der Waals surface area (Å²) in [5.74, 6) is -1.80. The van der Waals surface area contributed by atoms with Crippen LogP contribution in [-0.4, -0.2) is 33.4 Å². The van der Waals surface area contributed by atoms with Crippen molar-refractivity contribution >= 4 is 11.9 Å². The van der Waals surface area contributed by atoms with Crippen LogP contribution < -0.4 is 0 Å². The molecule has 0 aromatic rings. The molecule has 0 aliphatic heterocycles. The molecule has 0 aliphatic carbocycles. The van der Waals surface area contributed by atoms with Gasteiger partial charge in [-0.3, -0.25) is 4.79 Å². The van der Waals surface area contributed by atoms with E-state index in [0.29, 0.717) is 6.42 Å². The number of aliphatic hydroxyl groups is 1. The Morgan fingerprint density at radius 1 is 0.630 bits per heavy atom. The highest BCUT2D eigenvalue weighted by Crippen LogP contribution is 2.13. The van der Waals surface area contributed by atoms with Crippen molar-refractivity contribution in [2.75, 3.05) is 0 Å². The van der Waals surface area contributed by atoms with Gasteiger partial charge in [0.1, 0.15) is 0 Å². The molecule has 0 spiro atoms. The van der Waals surface area contributed by atoms with E-state index in [1.54, 1.807) is 6.92 Å². The molecule has 0 aromatic heterocycles. The van der Waals surface area contributed by atoms with Crippen molar-refractivity contribution < 1.29 is 24.9 Å². The number of hydrogen-bond acceptors (Lipinski definition) is 3. The molecule has 0 amide bonds. The van der Waals surface area contributed by atoms with Crippen molar-refractivity contribution in [3.05, 3.63) is 0 Å². The molecule has 5 heteroatoms. The SMILES string of the molecule is CCC(O)C(=O)O.CCCCCCCCCCCCCCCCCC(=O)O. The zero-order valence-electron chi connectivity index (χ0n) is 17.8. The Balaban J connectivity index is 0. The van der Waals surface area contributed by atoms with Gasteiger partial charge in [-0.05, 0) is 12.8 Å². The molecular formula is C22H44O5. The van der Waals surface area contributed by atoms with Gasteiger partial charge in [0, 0.05) is 6.42 Å². The van der Waals surface area contributed by atoms with E-state index in [1.807, 2.05) is 0 Å². The molecule has 0 radical (unpaired) electrons. The number of carboxylic acids is 2. The minimum atomic E-state index is -1.18. The van der Waals surface area contributed by atoms with Gasteiger partial charge < -0.3 is 15.3 Å². The van der Waals surface area contributed by atoms with E-state index in [1.165, 1.54) is 83.5 Å². The first-order valence-electron chi connectivity index (χ1n) is 11.1. The fourth-order valence-corrected chi connectivity index (χ4v) is 2.82. The Bertz CT molecular complexity index is 331. The highest BCUT2D eigenvalue weighted by molar-refractivity contribution is 5.71. The molecule has 0 bridgehead atoms. The summed E-state index contributed by atoms with van der Waals surface area (Å²) in [7, 11) is 0. The predicted octanol–water partition coefficient (Wildman–Crippen LogP) is 6.17. The maximum absolute atomic E-state index is 10.3. The number of hydrogen-bond donors (Lipinski definition) is 3. The van der Waals surface area contributed by atoms with Gasteiger partial charge in [-0.2, -0.15) is 0 Å². The molecule has 5 nitrogen and oxygen atoms in total. The second kappa shape index (κ2) is 22.9. The van der Waals surface area contributed by atoms with Gasteiger partial charge in [0.05, 0.1) is 0 Å². The normalized spacial score (nSPS) is 11.5. The molecule has 27 heavy (non-hydrogen) atoms. The van der Waals surface area contributed by atoms with Crippen molar-refractivity contribution in [3.8, 4) is 0 Å². The van der Waals surface area contributed by atoms with Crippen LogP contribution in [0.3, 0.4) is 0 Å². The van der Waals surface area contributed by atoms with Crippen molar-refractivity contribution in [1.82, 2.24) is 0 Å². The lowest BCUT2D eigenvalue weighted by atomic mass is 10.0. The molecular weight excluding hydrogens is 344 g/mol. The summed E-state index contributed by atoms with van der Waals surface area (Å²) in [5.41, 5.74) is 0. The van der Waals surface area contributed by atoms with Gasteiger partial charge in [0.25, 0.3) is 0 Å². The molecule has 0 rings (SSSR count). The third-order valence-corrected chi connectivity index (χ3v) is 4.67. The molecule has 0 aliphatic rings. The van der Waals surface area contributed by atoms with Gasteiger partial charge in [-0.15, -0.1) is 0 Å². The maximum atomic E-state index is 10.3. The summed E-state index contributed by atoms with van der Waals surface area (Å²) in [6.07, 6.45) is 19.3. The average Bonchev–Trinajstić information content (AvgIpc) is 2.64. The number of rotatable bonds is 18. The Morgan fingerprint density at radius 2 is 0.963 bits per heavy atom. The lowest BCUT2D eigenvalue weighted by Gasteiger charge is -2.03. The third kappa shape index (κ3) is 27.2. The van der Waals surface area contributed by atoms with Crippen LogP contribution in [0, 0.1) is 0 Å². The van der Waals surface area contributed by atoms with Crippen molar-refractivity contribution in [2.45, 2.75) is 129 Å². The van der Waals surface area contributed by atoms with Crippen molar-refractivity contribution in [2.24, 2.45) is 0 Å². The van der Waals surface area contributed by atoms with E-state index >= 15 is 0 Å². The zero-order chi connectivity index (χ0) is 20.8. The maximum Gasteiger partial charge on any atom is 0.332 e. The minimum Gasteiger partial charge on any atom is -0.481 e. The highest BCUT2D eigenvalue weighted by atomic mass is 16.4. The van der Waals surface area contributed by atoms with Gasteiger partial charge in [0.2, 0.25) is 0 Å². The molecule has 1 unspecified atom stereocenters. The number of unbranched alkanes of at least 4 members (excludes halogenated alkanes) is 14. The number of carbonyl (C=O) groups is 2. The average molecular weight is 389 g/mol. The lowest BCUT2D eigenvalue weighted by Crippen LogP contribution is -2.17. The van der Waals surface area contributed by atoms with Crippen LogP contribution in [0.2, 0.25) is 0 Å². The van der Waals surface area contributed by atoms with Gasteiger partial charge >= 0.3 is 11.9 Å². The van der Waals surface area contributed by atoms with Crippen LogP contribution in [0.4, 0.5) is 0 Å². The zero-order valence-corrected chi connectivity index (χ0v) is 17.8. The van der Waals surface area contributed by atoms with Crippen molar-refractivity contribution in [3.63, 3.8) is 0 Å². The number of aliphatic hydroxyl groups excluding tert-OH is 1. The van der Waals surface area contributed by atoms with E-state index in [0.717, 1.165) is 12.8 Å². The Kier molecular flexibility index (Phi) is 23.9. The topological polar surface area (TPSA) is 94.8 Å². The molecule has 1 atom stereocenters. The van der Waals surface area contributed by atoms with Gasteiger partial charge in [0.15, 0.2) is 6.10 Å². The Hall–Kier alpha value is -1.10. The molecule has 0 fully saturated rings. The van der Waals surface area contributed by atoms with E-state index in [2.05, 4.69) is 6.92 Å². The quantitative estimate of drug-likeness (QED) is 0.244. The third-order valence-electron chi connectivity index (χ3n) is 4.67. The van der Waals surface area contributed by atoms with E-state index in [9.17, 15) is 9.59 Å². The number of aliphatic carboxylic acids is 2. The fourth-order valence-electron chi connectivity index (χ4n) is 2.82. The molecule has 0 saturated carbocycles. The van der Waals surface area contributed by atoms with Gasteiger partial charge in [-0.25, -0.2) is 4.79 Å². The van der Waals surface area contributed by atoms with E-state index in [4.69, 9.17) is 15.3 Å². The van der Waals surface area contributed by atoms with E-state index < -0.39 is 18.0 Å². The molecule has 0 aromatic carbocycles. The molecule has 0 heterocycles. The first-order valence-corrected chi connectivity index (χ1v) is 11.1. The monoisotopic (exact) mass is 388 g/mol. The summed E-state index contributed by atoms with van der Waals surface area (Å²) in [6, 6.07) is 0. The summed E-state index contributed by atoms with van der Waals surface area (Å²) >= 11 is 0. The van der Waals surface area contributed by atoms with Crippen LogP contribution in [0.5, 0.6) is 0 Å². The molecule has 0 saturated heterocycles. The summed E-state index contributed by atoms with van der Waals surface area (Å²) in [4.78, 5) is 20.0. The Labute approximate surface area is 166 Å².